The quantitative estimate of drug-likeness (QED) is 0.831. The van der Waals surface area contributed by atoms with Crippen LogP contribution in [-0.2, 0) is 0 Å². The largest absolute Gasteiger partial charge is 0.541 e. The molecule has 0 amide bonds. The number of aliphatic hydroxyl groups excluding tert-OH is 1. The lowest BCUT2D eigenvalue weighted by molar-refractivity contribution is 0.343. The maximum atomic E-state index is 8.81. The molecule has 0 bridgehead atoms. The standard InChI is InChI=1S/C16H26O3Si/c1-16(2,3)20(5,6)19-14-10-9-13(8-7-11-17)12-15(14)18-4/h7-10,12,17H,11H2,1-6H3. The molecule has 0 spiro atoms. The summed E-state index contributed by atoms with van der Waals surface area (Å²) in [4.78, 5) is 0. The number of benzene rings is 1. The first-order valence-corrected chi connectivity index (χ1v) is 9.76. The Morgan fingerprint density at radius 1 is 1.20 bits per heavy atom. The first-order valence-electron chi connectivity index (χ1n) is 6.86. The molecule has 0 saturated heterocycles. The molecule has 0 saturated carbocycles. The first-order chi connectivity index (χ1) is 9.21. The van der Waals surface area contributed by atoms with Crippen LogP contribution in [0.15, 0.2) is 24.3 Å². The fourth-order valence-electron chi connectivity index (χ4n) is 1.49. The van der Waals surface area contributed by atoms with Crippen LogP contribution in [0.1, 0.15) is 26.3 Å². The predicted molar refractivity (Wildman–Crippen MR) is 86.9 cm³/mol. The third kappa shape index (κ3) is 4.12. The third-order valence-electron chi connectivity index (χ3n) is 3.77. The molecule has 1 N–H and O–H groups in total. The van der Waals surface area contributed by atoms with Crippen LogP contribution in [0, 0.1) is 0 Å². The lowest BCUT2D eigenvalue weighted by Crippen LogP contribution is -2.43. The van der Waals surface area contributed by atoms with Crippen molar-refractivity contribution in [1.29, 1.82) is 0 Å². The number of aliphatic hydroxyl groups is 1. The van der Waals surface area contributed by atoms with Gasteiger partial charge in [0, 0.05) is 0 Å². The molecular formula is C16H26O3Si. The molecular weight excluding hydrogens is 268 g/mol. The van der Waals surface area contributed by atoms with E-state index < -0.39 is 8.32 Å². The maximum absolute atomic E-state index is 8.81. The summed E-state index contributed by atoms with van der Waals surface area (Å²) in [6.07, 6.45) is 3.56. The van der Waals surface area contributed by atoms with E-state index >= 15 is 0 Å². The molecule has 0 heterocycles. The lowest BCUT2D eigenvalue weighted by Gasteiger charge is -2.36. The van der Waals surface area contributed by atoms with Gasteiger partial charge in [0.2, 0.25) is 0 Å². The Kier molecular flexibility index (Phi) is 5.42. The van der Waals surface area contributed by atoms with Crippen molar-refractivity contribution in [2.45, 2.75) is 38.9 Å². The zero-order valence-electron chi connectivity index (χ0n) is 13.4. The van der Waals surface area contributed by atoms with E-state index in [0.717, 1.165) is 17.1 Å². The highest BCUT2D eigenvalue weighted by Crippen LogP contribution is 2.40. The summed E-state index contributed by atoms with van der Waals surface area (Å²) in [5, 5.41) is 8.96. The van der Waals surface area contributed by atoms with Crippen LogP contribution in [0.5, 0.6) is 11.5 Å². The number of rotatable bonds is 5. The van der Waals surface area contributed by atoms with Gasteiger partial charge in [0.25, 0.3) is 8.32 Å². The minimum atomic E-state index is -1.87. The van der Waals surface area contributed by atoms with Crippen molar-refractivity contribution in [2.24, 2.45) is 0 Å². The van der Waals surface area contributed by atoms with Crippen molar-refractivity contribution in [3.8, 4) is 11.5 Å². The van der Waals surface area contributed by atoms with Gasteiger partial charge in [0.15, 0.2) is 5.75 Å². The van der Waals surface area contributed by atoms with E-state index in [1.807, 2.05) is 24.3 Å². The van der Waals surface area contributed by atoms with Gasteiger partial charge in [-0.25, -0.2) is 0 Å². The van der Waals surface area contributed by atoms with E-state index in [-0.39, 0.29) is 11.6 Å². The summed E-state index contributed by atoms with van der Waals surface area (Å²) in [6, 6.07) is 5.84. The Labute approximate surface area is 123 Å². The summed E-state index contributed by atoms with van der Waals surface area (Å²) in [6.45, 7) is 11.1. The molecule has 0 aliphatic rings. The van der Waals surface area contributed by atoms with Crippen LogP contribution in [0.3, 0.4) is 0 Å². The minimum absolute atomic E-state index is 0.0323. The average molecular weight is 294 g/mol. The fraction of sp³-hybridized carbons (Fsp3) is 0.500. The highest BCUT2D eigenvalue weighted by Gasteiger charge is 2.39. The summed E-state index contributed by atoms with van der Waals surface area (Å²) in [5.74, 6) is 1.52. The second-order valence-corrected chi connectivity index (χ2v) is 11.1. The molecule has 0 atom stereocenters. The third-order valence-corrected chi connectivity index (χ3v) is 8.12. The van der Waals surface area contributed by atoms with Crippen LogP contribution in [0.2, 0.25) is 18.1 Å². The molecule has 112 valence electrons. The molecule has 0 unspecified atom stereocenters. The van der Waals surface area contributed by atoms with Gasteiger partial charge in [-0.15, -0.1) is 0 Å². The fourth-order valence-corrected chi connectivity index (χ4v) is 2.51. The second-order valence-electron chi connectivity index (χ2n) is 6.36. The molecule has 0 aliphatic heterocycles. The number of hydrogen-bond donors (Lipinski definition) is 1. The average Bonchev–Trinajstić information content (AvgIpc) is 2.35. The highest BCUT2D eigenvalue weighted by atomic mass is 28.4. The summed E-state index contributed by atoms with van der Waals surface area (Å²) < 4.78 is 11.7. The van der Waals surface area contributed by atoms with Gasteiger partial charge in [0.05, 0.1) is 13.7 Å². The first kappa shape index (κ1) is 16.8. The van der Waals surface area contributed by atoms with Gasteiger partial charge < -0.3 is 14.3 Å². The Bertz CT molecular complexity index is 473. The van der Waals surface area contributed by atoms with Crippen LogP contribution in [0.25, 0.3) is 6.08 Å². The normalized spacial score (nSPS) is 12.8. The zero-order chi connectivity index (χ0) is 15.4. The van der Waals surface area contributed by atoms with Gasteiger partial charge in [-0.2, -0.15) is 0 Å². The molecule has 0 fully saturated rings. The number of methoxy groups -OCH3 is 1. The smallest absolute Gasteiger partial charge is 0.250 e. The summed E-state index contributed by atoms with van der Waals surface area (Å²) in [5.41, 5.74) is 0.985. The van der Waals surface area contributed by atoms with Crippen LogP contribution in [0.4, 0.5) is 0 Å². The van der Waals surface area contributed by atoms with Gasteiger partial charge >= 0.3 is 0 Å². The molecule has 3 nitrogen and oxygen atoms in total. The topological polar surface area (TPSA) is 38.7 Å². The van der Waals surface area contributed by atoms with E-state index in [2.05, 4.69) is 33.9 Å². The van der Waals surface area contributed by atoms with Crippen LogP contribution >= 0.6 is 0 Å². The molecule has 1 rings (SSSR count). The molecule has 0 aromatic heterocycles. The van der Waals surface area contributed by atoms with E-state index in [1.165, 1.54) is 0 Å². The Hall–Kier alpha value is -1.26. The SMILES string of the molecule is COc1cc(C=CCO)ccc1O[Si](C)(C)C(C)(C)C. The van der Waals surface area contributed by atoms with Gasteiger partial charge in [-0.05, 0) is 35.8 Å². The molecule has 1 aromatic carbocycles. The molecule has 0 aliphatic carbocycles. The van der Waals surface area contributed by atoms with Crippen molar-refractivity contribution in [1.82, 2.24) is 0 Å². The van der Waals surface area contributed by atoms with Crippen LogP contribution < -0.4 is 9.16 Å². The van der Waals surface area contributed by atoms with E-state index in [1.54, 1.807) is 13.2 Å². The van der Waals surface area contributed by atoms with Gasteiger partial charge in [-0.3, -0.25) is 0 Å². The number of ether oxygens (including phenoxy) is 1. The van der Waals surface area contributed by atoms with Gasteiger partial charge in [0.1, 0.15) is 5.75 Å². The maximum Gasteiger partial charge on any atom is 0.250 e. The van der Waals surface area contributed by atoms with Crippen molar-refractivity contribution in [3.63, 3.8) is 0 Å². The second kappa shape index (κ2) is 6.46. The number of hydrogen-bond acceptors (Lipinski definition) is 3. The summed E-state index contributed by atoms with van der Waals surface area (Å²) in [7, 11) is -0.228. The predicted octanol–water partition coefficient (Wildman–Crippen LogP) is 4.08. The molecule has 20 heavy (non-hydrogen) atoms. The Balaban J connectivity index is 3.05. The summed E-state index contributed by atoms with van der Waals surface area (Å²) >= 11 is 0. The molecule has 4 heteroatoms. The highest BCUT2D eigenvalue weighted by molar-refractivity contribution is 6.74. The lowest BCUT2D eigenvalue weighted by atomic mass is 10.2. The van der Waals surface area contributed by atoms with Crippen molar-refractivity contribution < 1.29 is 14.3 Å². The van der Waals surface area contributed by atoms with E-state index in [0.29, 0.717) is 0 Å². The monoisotopic (exact) mass is 294 g/mol. The van der Waals surface area contributed by atoms with E-state index in [9.17, 15) is 0 Å². The van der Waals surface area contributed by atoms with E-state index in [4.69, 9.17) is 14.3 Å². The minimum Gasteiger partial charge on any atom is -0.541 e. The van der Waals surface area contributed by atoms with Crippen LogP contribution in [-0.4, -0.2) is 27.1 Å². The molecule has 1 aromatic rings. The Morgan fingerprint density at radius 2 is 1.85 bits per heavy atom. The van der Waals surface area contributed by atoms with Gasteiger partial charge in [-0.1, -0.05) is 39.0 Å². The van der Waals surface area contributed by atoms with Crippen molar-refractivity contribution in [3.05, 3.63) is 29.8 Å². The zero-order valence-corrected chi connectivity index (χ0v) is 14.4. The van der Waals surface area contributed by atoms with Crippen molar-refractivity contribution in [2.75, 3.05) is 13.7 Å². The van der Waals surface area contributed by atoms with Crippen molar-refractivity contribution >= 4 is 14.4 Å². The Morgan fingerprint density at radius 3 is 2.35 bits per heavy atom. The molecule has 0 radical (unpaired) electrons.